The fourth-order valence-electron chi connectivity index (χ4n) is 3.38. The Labute approximate surface area is 145 Å². The number of para-hydroxylation sites is 2. The molecule has 4 rings (SSSR count). The second kappa shape index (κ2) is 6.05. The summed E-state index contributed by atoms with van der Waals surface area (Å²) in [6.45, 7) is 0.629. The predicted molar refractivity (Wildman–Crippen MR) is 96.5 cm³/mol. The summed E-state index contributed by atoms with van der Waals surface area (Å²) in [7, 11) is 0. The van der Waals surface area contributed by atoms with Crippen LogP contribution in [0.2, 0.25) is 0 Å². The summed E-state index contributed by atoms with van der Waals surface area (Å²) in [5.41, 5.74) is 8.72. The molecule has 1 atom stereocenters. The lowest BCUT2D eigenvalue weighted by Gasteiger charge is -2.20. The summed E-state index contributed by atoms with van der Waals surface area (Å²) in [6, 6.07) is 16.5. The highest BCUT2D eigenvalue weighted by atomic mass is 16.2. The van der Waals surface area contributed by atoms with Gasteiger partial charge in [-0.3, -0.25) is 14.6 Å². The van der Waals surface area contributed by atoms with Crippen molar-refractivity contribution in [3.05, 3.63) is 60.2 Å². The number of nitrogens with zero attached hydrogens (tertiary/aromatic N) is 3. The zero-order valence-electron chi connectivity index (χ0n) is 13.6. The van der Waals surface area contributed by atoms with E-state index >= 15 is 0 Å². The molecule has 0 spiro atoms. The van der Waals surface area contributed by atoms with E-state index < -0.39 is 11.9 Å². The number of hydrogen-bond acceptors (Lipinski definition) is 4. The van der Waals surface area contributed by atoms with Crippen molar-refractivity contribution < 1.29 is 9.59 Å². The van der Waals surface area contributed by atoms with Crippen molar-refractivity contribution in [2.24, 2.45) is 10.8 Å². The topological polar surface area (TPSA) is 79.0 Å². The maximum atomic E-state index is 13.0. The van der Waals surface area contributed by atoms with Crippen LogP contribution in [-0.2, 0) is 16.0 Å². The summed E-state index contributed by atoms with van der Waals surface area (Å²) in [5.74, 6) is -0.646. The van der Waals surface area contributed by atoms with Gasteiger partial charge in [-0.1, -0.05) is 36.4 Å². The molecule has 0 aliphatic carbocycles. The molecule has 6 heteroatoms. The van der Waals surface area contributed by atoms with E-state index in [1.165, 1.54) is 0 Å². The number of hydrazone groups is 1. The normalized spacial score (nSPS) is 18.9. The van der Waals surface area contributed by atoms with Crippen molar-refractivity contribution in [1.82, 2.24) is 0 Å². The van der Waals surface area contributed by atoms with Gasteiger partial charge >= 0.3 is 0 Å². The van der Waals surface area contributed by atoms with Gasteiger partial charge in [0.15, 0.2) is 0 Å². The van der Waals surface area contributed by atoms with E-state index in [2.05, 4.69) is 5.10 Å². The van der Waals surface area contributed by atoms with Crippen molar-refractivity contribution in [1.29, 1.82) is 0 Å². The summed E-state index contributed by atoms with van der Waals surface area (Å²) in [5, 5.41) is 5.99. The second-order valence-corrected chi connectivity index (χ2v) is 6.18. The number of nitrogens with two attached hydrogens (primary N) is 1. The second-order valence-electron chi connectivity index (χ2n) is 6.18. The number of carbonyl (C=O) groups is 2. The van der Waals surface area contributed by atoms with Gasteiger partial charge < -0.3 is 10.6 Å². The molecule has 1 unspecified atom stereocenters. The minimum Gasteiger partial charge on any atom is -0.368 e. The molecule has 0 bridgehead atoms. The van der Waals surface area contributed by atoms with Gasteiger partial charge in [0.05, 0.1) is 5.69 Å². The van der Waals surface area contributed by atoms with E-state index in [1.807, 2.05) is 54.6 Å². The monoisotopic (exact) mass is 334 g/mol. The molecule has 25 heavy (non-hydrogen) atoms. The summed E-state index contributed by atoms with van der Waals surface area (Å²) < 4.78 is 0. The number of benzene rings is 2. The molecular weight excluding hydrogens is 316 g/mol. The Hall–Kier alpha value is -3.15. The number of amides is 2. The Kier molecular flexibility index (Phi) is 3.72. The summed E-state index contributed by atoms with van der Waals surface area (Å²) >= 11 is 0. The van der Waals surface area contributed by atoms with E-state index in [-0.39, 0.29) is 12.3 Å². The highest BCUT2D eigenvalue weighted by Crippen LogP contribution is 2.30. The van der Waals surface area contributed by atoms with E-state index in [0.717, 1.165) is 23.4 Å². The first-order valence-electron chi connectivity index (χ1n) is 8.26. The van der Waals surface area contributed by atoms with Crippen LogP contribution >= 0.6 is 0 Å². The lowest BCUT2D eigenvalue weighted by atomic mass is 10.1. The lowest BCUT2D eigenvalue weighted by molar-refractivity contribution is -0.119. The molecule has 0 radical (unpaired) electrons. The number of carbonyl (C=O) groups excluding carboxylic acids is 2. The zero-order valence-corrected chi connectivity index (χ0v) is 13.6. The number of anilines is 2. The Morgan fingerprint density at radius 2 is 1.76 bits per heavy atom. The van der Waals surface area contributed by atoms with Gasteiger partial charge in [-0.15, -0.1) is 0 Å². The Morgan fingerprint density at radius 1 is 1.04 bits per heavy atom. The van der Waals surface area contributed by atoms with E-state index in [0.29, 0.717) is 12.3 Å². The molecule has 2 amide bonds. The van der Waals surface area contributed by atoms with Gasteiger partial charge in [-0.2, -0.15) is 5.10 Å². The molecule has 2 aromatic carbocycles. The van der Waals surface area contributed by atoms with Crippen LogP contribution in [-0.4, -0.2) is 30.1 Å². The summed E-state index contributed by atoms with van der Waals surface area (Å²) in [6.07, 6.45) is 1.05. The highest BCUT2D eigenvalue weighted by molar-refractivity contribution is 6.45. The van der Waals surface area contributed by atoms with Crippen molar-refractivity contribution in [2.45, 2.75) is 18.9 Å². The molecule has 6 nitrogen and oxygen atoms in total. The molecule has 2 aromatic rings. The third-order valence-electron chi connectivity index (χ3n) is 4.64. The largest absolute Gasteiger partial charge is 0.368 e. The Balaban J connectivity index is 1.64. The molecule has 0 aromatic heterocycles. The van der Waals surface area contributed by atoms with Crippen molar-refractivity contribution in [2.75, 3.05) is 16.5 Å². The standard InChI is InChI=1S/C19H18N4O2/c20-18(24)17-12-15(21-23(17)14-7-2-1-3-8-14)19(25)22-11-10-13-6-4-5-9-16(13)22/h1-9,17H,10-12H2,(H2,20,24). The van der Waals surface area contributed by atoms with Crippen LogP contribution in [0.25, 0.3) is 0 Å². The van der Waals surface area contributed by atoms with Gasteiger partial charge in [0.1, 0.15) is 11.8 Å². The first-order chi connectivity index (χ1) is 12.1. The van der Waals surface area contributed by atoms with Crippen LogP contribution < -0.4 is 15.6 Å². The fraction of sp³-hybridized carbons (Fsp3) is 0.211. The lowest BCUT2D eigenvalue weighted by Crippen LogP contribution is -2.40. The molecular formula is C19H18N4O2. The minimum atomic E-state index is -0.640. The SMILES string of the molecule is NC(=O)C1CC(C(=O)N2CCc3ccccc32)=NN1c1ccccc1. The maximum Gasteiger partial charge on any atom is 0.274 e. The fourth-order valence-corrected chi connectivity index (χ4v) is 3.38. The smallest absolute Gasteiger partial charge is 0.274 e. The number of rotatable bonds is 3. The minimum absolute atomic E-state index is 0.158. The van der Waals surface area contributed by atoms with Gasteiger partial charge in [-0.05, 0) is 30.2 Å². The van der Waals surface area contributed by atoms with Crippen LogP contribution in [0.1, 0.15) is 12.0 Å². The first-order valence-corrected chi connectivity index (χ1v) is 8.26. The molecule has 2 heterocycles. The van der Waals surface area contributed by atoms with Gasteiger partial charge in [0.25, 0.3) is 5.91 Å². The predicted octanol–water partition coefficient (Wildman–Crippen LogP) is 1.70. The van der Waals surface area contributed by atoms with Crippen molar-refractivity contribution in [3.8, 4) is 0 Å². The van der Waals surface area contributed by atoms with E-state index in [4.69, 9.17) is 5.73 Å². The van der Waals surface area contributed by atoms with Crippen LogP contribution in [0.3, 0.4) is 0 Å². The first kappa shape index (κ1) is 15.4. The molecule has 0 saturated heterocycles. The molecule has 2 aliphatic heterocycles. The quantitative estimate of drug-likeness (QED) is 0.928. The molecule has 126 valence electrons. The van der Waals surface area contributed by atoms with E-state index in [9.17, 15) is 9.59 Å². The molecule has 0 fully saturated rings. The molecule has 2 N–H and O–H groups in total. The van der Waals surface area contributed by atoms with Gasteiger partial charge in [-0.25, -0.2) is 0 Å². The average Bonchev–Trinajstić information content (AvgIpc) is 3.27. The van der Waals surface area contributed by atoms with Crippen LogP contribution in [0, 0.1) is 0 Å². The number of primary amides is 1. The highest BCUT2D eigenvalue weighted by Gasteiger charge is 2.37. The third-order valence-corrected chi connectivity index (χ3v) is 4.64. The third kappa shape index (κ3) is 2.65. The molecule has 2 aliphatic rings. The van der Waals surface area contributed by atoms with Gasteiger partial charge in [0.2, 0.25) is 5.91 Å². The molecule has 0 saturated carbocycles. The zero-order chi connectivity index (χ0) is 17.4. The van der Waals surface area contributed by atoms with Crippen LogP contribution in [0.15, 0.2) is 59.7 Å². The summed E-state index contributed by atoms with van der Waals surface area (Å²) in [4.78, 5) is 26.6. The Bertz CT molecular complexity index is 863. The average molecular weight is 334 g/mol. The van der Waals surface area contributed by atoms with Gasteiger partial charge in [0, 0.05) is 18.7 Å². The van der Waals surface area contributed by atoms with Crippen LogP contribution in [0.4, 0.5) is 11.4 Å². The van der Waals surface area contributed by atoms with Crippen molar-refractivity contribution in [3.63, 3.8) is 0 Å². The van der Waals surface area contributed by atoms with E-state index in [1.54, 1.807) is 9.91 Å². The van der Waals surface area contributed by atoms with Crippen LogP contribution in [0.5, 0.6) is 0 Å². The number of fused-ring (bicyclic) bond motifs is 1. The van der Waals surface area contributed by atoms with Crippen molar-refractivity contribution >= 4 is 28.9 Å². The Morgan fingerprint density at radius 3 is 2.52 bits per heavy atom. The number of hydrogen-bond donors (Lipinski definition) is 1. The maximum absolute atomic E-state index is 13.0.